The summed E-state index contributed by atoms with van der Waals surface area (Å²) in [5.41, 5.74) is 2.97. The molecule has 3 aromatic rings. The average molecular weight is 507 g/mol. The SMILES string of the molecule is COc1cc(C2C(=C(O)c3nc4c(C)cccn4c3C)C(=O)C(=O)N2CCN2CCOCC2)ccc1O. The molecule has 5 rings (SSSR count). The van der Waals surface area contributed by atoms with Gasteiger partial charge < -0.3 is 29.0 Å². The third-order valence-electron chi connectivity index (χ3n) is 7.13. The number of amides is 1. The molecule has 37 heavy (non-hydrogen) atoms. The number of aliphatic hydroxyl groups is 1. The monoisotopic (exact) mass is 506 g/mol. The van der Waals surface area contributed by atoms with E-state index in [-0.39, 0.29) is 35.1 Å². The van der Waals surface area contributed by atoms with Crippen LogP contribution >= 0.6 is 0 Å². The number of nitrogens with zero attached hydrogens (tertiary/aromatic N) is 4. The number of aromatic hydroxyl groups is 1. The highest BCUT2D eigenvalue weighted by Crippen LogP contribution is 2.42. The summed E-state index contributed by atoms with van der Waals surface area (Å²) >= 11 is 0. The van der Waals surface area contributed by atoms with Gasteiger partial charge in [0.05, 0.1) is 37.6 Å². The molecule has 4 heterocycles. The number of rotatable bonds is 6. The van der Waals surface area contributed by atoms with Crippen molar-refractivity contribution in [3.05, 3.63) is 64.6 Å². The lowest BCUT2D eigenvalue weighted by Crippen LogP contribution is -2.42. The first kappa shape index (κ1) is 24.8. The molecular formula is C27H30N4O6. The summed E-state index contributed by atoms with van der Waals surface area (Å²) in [6.07, 6.45) is 1.84. The number of methoxy groups -OCH3 is 1. The molecular weight excluding hydrogens is 476 g/mol. The topological polar surface area (TPSA) is 117 Å². The second-order valence-electron chi connectivity index (χ2n) is 9.31. The number of likely N-dealkylation sites (tertiary alicyclic amines) is 1. The van der Waals surface area contributed by atoms with Crippen LogP contribution in [-0.2, 0) is 14.3 Å². The van der Waals surface area contributed by atoms with E-state index in [9.17, 15) is 19.8 Å². The lowest BCUT2D eigenvalue weighted by atomic mass is 9.96. The number of phenolic OH excluding ortho intramolecular Hbond substituents is 1. The van der Waals surface area contributed by atoms with Crippen LogP contribution in [0.1, 0.15) is 28.6 Å². The number of aryl methyl sites for hydroxylation is 2. The number of aliphatic hydroxyl groups excluding tert-OH is 1. The molecule has 0 spiro atoms. The minimum absolute atomic E-state index is 0.0381. The first-order valence-corrected chi connectivity index (χ1v) is 12.2. The number of ketones is 1. The number of aromatic nitrogens is 2. The van der Waals surface area contributed by atoms with Crippen LogP contribution in [0, 0.1) is 13.8 Å². The van der Waals surface area contributed by atoms with Gasteiger partial charge in [0.25, 0.3) is 11.7 Å². The van der Waals surface area contributed by atoms with E-state index < -0.39 is 17.7 Å². The Bertz CT molecular complexity index is 1410. The number of fused-ring (bicyclic) bond motifs is 1. The van der Waals surface area contributed by atoms with E-state index >= 15 is 0 Å². The van der Waals surface area contributed by atoms with Gasteiger partial charge in [-0.25, -0.2) is 4.98 Å². The van der Waals surface area contributed by atoms with Crippen molar-refractivity contribution in [2.75, 3.05) is 46.5 Å². The van der Waals surface area contributed by atoms with Crippen LogP contribution in [0.2, 0.25) is 0 Å². The molecule has 2 fully saturated rings. The number of benzene rings is 1. The smallest absolute Gasteiger partial charge is 0.295 e. The molecule has 2 N–H and O–H groups in total. The summed E-state index contributed by atoms with van der Waals surface area (Å²) in [5, 5.41) is 21.7. The van der Waals surface area contributed by atoms with Crippen molar-refractivity contribution in [2.45, 2.75) is 19.9 Å². The molecule has 1 atom stereocenters. The van der Waals surface area contributed by atoms with Crippen LogP contribution in [-0.4, -0.2) is 87.6 Å². The van der Waals surface area contributed by atoms with Gasteiger partial charge in [0.2, 0.25) is 0 Å². The van der Waals surface area contributed by atoms with Crippen LogP contribution in [0.25, 0.3) is 11.4 Å². The van der Waals surface area contributed by atoms with E-state index in [2.05, 4.69) is 9.88 Å². The first-order chi connectivity index (χ1) is 17.8. The highest BCUT2D eigenvalue weighted by Gasteiger charge is 2.46. The Morgan fingerprint density at radius 2 is 1.92 bits per heavy atom. The Hall–Kier alpha value is -3.89. The molecule has 0 aliphatic carbocycles. The maximum absolute atomic E-state index is 13.4. The molecule has 2 saturated heterocycles. The zero-order chi connectivity index (χ0) is 26.3. The number of Topliss-reactive ketones (excluding diaryl/α,β-unsaturated/α-hetero) is 1. The van der Waals surface area contributed by atoms with Gasteiger partial charge in [-0.05, 0) is 43.2 Å². The highest BCUT2D eigenvalue weighted by molar-refractivity contribution is 6.46. The van der Waals surface area contributed by atoms with Crippen molar-refractivity contribution >= 4 is 23.1 Å². The van der Waals surface area contributed by atoms with Gasteiger partial charge in [-0.1, -0.05) is 12.1 Å². The molecule has 194 valence electrons. The molecule has 2 aromatic heterocycles. The van der Waals surface area contributed by atoms with E-state index in [1.165, 1.54) is 18.1 Å². The van der Waals surface area contributed by atoms with Gasteiger partial charge in [-0.3, -0.25) is 14.5 Å². The summed E-state index contributed by atoms with van der Waals surface area (Å²) < 4.78 is 12.5. The van der Waals surface area contributed by atoms with Crippen molar-refractivity contribution in [3.63, 3.8) is 0 Å². The number of ether oxygens (including phenoxy) is 2. The summed E-state index contributed by atoms with van der Waals surface area (Å²) in [6.45, 7) is 7.25. The number of hydrogen-bond donors (Lipinski definition) is 2. The van der Waals surface area contributed by atoms with Crippen LogP contribution in [0.15, 0.2) is 42.1 Å². The Morgan fingerprint density at radius 1 is 1.16 bits per heavy atom. The van der Waals surface area contributed by atoms with Gasteiger partial charge in [0, 0.05) is 32.4 Å². The zero-order valence-corrected chi connectivity index (χ0v) is 21.1. The number of morpholine rings is 1. The zero-order valence-electron chi connectivity index (χ0n) is 21.1. The Balaban J connectivity index is 1.63. The number of pyridine rings is 1. The molecule has 2 aliphatic heterocycles. The molecule has 1 aromatic carbocycles. The van der Waals surface area contributed by atoms with Crippen molar-refractivity contribution in [3.8, 4) is 11.5 Å². The molecule has 1 unspecified atom stereocenters. The van der Waals surface area contributed by atoms with E-state index in [0.29, 0.717) is 36.7 Å². The van der Waals surface area contributed by atoms with Crippen molar-refractivity contribution < 1.29 is 29.3 Å². The quantitative estimate of drug-likeness (QED) is 0.298. The van der Waals surface area contributed by atoms with Crippen LogP contribution in [0.3, 0.4) is 0 Å². The van der Waals surface area contributed by atoms with Crippen LogP contribution < -0.4 is 4.74 Å². The predicted molar refractivity (Wildman–Crippen MR) is 136 cm³/mol. The lowest BCUT2D eigenvalue weighted by molar-refractivity contribution is -0.140. The van der Waals surface area contributed by atoms with Gasteiger partial charge in [-0.15, -0.1) is 0 Å². The van der Waals surface area contributed by atoms with E-state index in [1.54, 1.807) is 12.1 Å². The molecule has 0 radical (unpaired) electrons. The number of carbonyl (C=O) groups excluding carboxylic acids is 2. The normalized spacial score (nSPS) is 20.2. The van der Waals surface area contributed by atoms with Crippen LogP contribution in [0.5, 0.6) is 11.5 Å². The van der Waals surface area contributed by atoms with Gasteiger partial charge in [0.1, 0.15) is 11.3 Å². The molecule has 1 amide bonds. The second-order valence-corrected chi connectivity index (χ2v) is 9.31. The van der Waals surface area contributed by atoms with Gasteiger partial charge in [0.15, 0.2) is 17.3 Å². The number of imidazole rings is 1. The maximum Gasteiger partial charge on any atom is 0.295 e. The fraction of sp³-hybridized carbons (Fsp3) is 0.370. The lowest BCUT2D eigenvalue weighted by Gasteiger charge is -2.31. The third kappa shape index (κ3) is 4.32. The van der Waals surface area contributed by atoms with Crippen molar-refractivity contribution in [1.82, 2.24) is 19.2 Å². The van der Waals surface area contributed by atoms with Crippen molar-refractivity contribution in [2.24, 2.45) is 0 Å². The van der Waals surface area contributed by atoms with E-state index in [4.69, 9.17) is 9.47 Å². The minimum Gasteiger partial charge on any atom is -0.505 e. The van der Waals surface area contributed by atoms with Gasteiger partial charge in [-0.2, -0.15) is 0 Å². The fourth-order valence-electron chi connectivity index (χ4n) is 5.07. The minimum atomic E-state index is -0.874. The van der Waals surface area contributed by atoms with E-state index in [0.717, 1.165) is 18.7 Å². The van der Waals surface area contributed by atoms with E-state index in [1.807, 2.05) is 36.6 Å². The number of carbonyl (C=O) groups is 2. The van der Waals surface area contributed by atoms with Crippen molar-refractivity contribution in [1.29, 1.82) is 0 Å². The summed E-state index contributed by atoms with van der Waals surface area (Å²) in [5.74, 6) is -1.65. The first-order valence-electron chi connectivity index (χ1n) is 12.2. The van der Waals surface area contributed by atoms with Gasteiger partial charge >= 0.3 is 0 Å². The Morgan fingerprint density at radius 3 is 2.62 bits per heavy atom. The molecule has 10 heteroatoms. The highest BCUT2D eigenvalue weighted by atomic mass is 16.5. The summed E-state index contributed by atoms with van der Waals surface area (Å²) in [7, 11) is 1.43. The largest absolute Gasteiger partial charge is 0.505 e. The number of hydrogen-bond acceptors (Lipinski definition) is 8. The van der Waals surface area contributed by atoms with Crippen LogP contribution in [0.4, 0.5) is 0 Å². The molecule has 2 aliphatic rings. The maximum atomic E-state index is 13.4. The predicted octanol–water partition coefficient (Wildman–Crippen LogP) is 2.42. The molecule has 0 saturated carbocycles. The number of phenols is 1. The average Bonchev–Trinajstić information content (AvgIpc) is 3.38. The fourth-order valence-corrected chi connectivity index (χ4v) is 5.07. The molecule has 10 nitrogen and oxygen atoms in total. The summed E-state index contributed by atoms with van der Waals surface area (Å²) in [6, 6.07) is 7.59. The Kier molecular flexibility index (Phi) is 6.61. The summed E-state index contributed by atoms with van der Waals surface area (Å²) in [4.78, 5) is 35.0. The second kappa shape index (κ2) is 9.87. The standard InChI is InChI=1S/C27H30N4O6/c1-16-5-4-8-30-17(2)22(28-26(16)30)24(33)21-23(18-6-7-19(32)20(15-18)36-3)31(27(35)25(21)34)10-9-29-11-13-37-14-12-29/h4-8,15,23,32-33H,9-14H2,1-3H3. The third-order valence-corrected chi connectivity index (χ3v) is 7.13. The Labute approximate surface area is 214 Å². The molecule has 0 bridgehead atoms.